The fraction of sp³-hybridized carbons (Fsp3) is 0.448. The number of nitrogens with one attached hydrogen (secondary N) is 1. The molecule has 1 aromatic carbocycles. The van der Waals surface area contributed by atoms with Gasteiger partial charge in [0.25, 0.3) is 10.0 Å². The van der Waals surface area contributed by atoms with Crippen LogP contribution >= 0.6 is 11.6 Å². The highest BCUT2D eigenvalue weighted by Gasteiger charge is 2.31. The number of nitrogens with zero attached hydrogens (tertiary/aromatic N) is 9. The van der Waals surface area contributed by atoms with Crippen LogP contribution in [-0.4, -0.2) is 104 Å². The topological polar surface area (TPSA) is 117 Å². The molecule has 12 nitrogen and oxygen atoms in total. The van der Waals surface area contributed by atoms with Crippen molar-refractivity contribution in [1.29, 1.82) is 0 Å². The van der Waals surface area contributed by atoms with E-state index in [1.54, 1.807) is 25.6 Å². The van der Waals surface area contributed by atoms with Gasteiger partial charge >= 0.3 is 0 Å². The van der Waals surface area contributed by atoms with Gasteiger partial charge in [0, 0.05) is 76.9 Å². The molecule has 14 heteroatoms. The van der Waals surface area contributed by atoms with Crippen LogP contribution in [0.1, 0.15) is 24.0 Å². The largest absolute Gasteiger partial charge is 0.351 e. The van der Waals surface area contributed by atoms with Crippen molar-refractivity contribution < 1.29 is 8.42 Å². The molecule has 0 spiro atoms. The quantitative estimate of drug-likeness (QED) is 0.316. The first kappa shape index (κ1) is 29.7. The predicted octanol–water partition coefficient (Wildman–Crippen LogP) is 3.04. The Morgan fingerprint density at radius 3 is 2.49 bits per heavy atom. The Labute approximate surface area is 257 Å². The van der Waals surface area contributed by atoms with Gasteiger partial charge in [0.05, 0.1) is 28.8 Å². The third-order valence-electron chi connectivity index (χ3n) is 8.19. The Kier molecular flexibility index (Phi) is 8.51. The third kappa shape index (κ3) is 6.60. The predicted molar refractivity (Wildman–Crippen MR) is 166 cm³/mol. The highest BCUT2D eigenvalue weighted by Crippen LogP contribution is 2.28. The first-order chi connectivity index (χ1) is 20.7. The minimum Gasteiger partial charge on any atom is -0.351 e. The number of aromatic nitrogens is 6. The number of aryl methyl sites for hydroxylation is 2. The minimum atomic E-state index is -3.61. The lowest BCUT2D eigenvalue weighted by atomic mass is 10.1. The molecule has 2 aliphatic rings. The fourth-order valence-corrected chi connectivity index (χ4v) is 7.26. The Morgan fingerprint density at radius 2 is 1.79 bits per heavy atom. The smallest absolute Gasteiger partial charge is 0.262 e. The molecular weight excluding hydrogens is 588 g/mol. The van der Waals surface area contributed by atoms with Crippen molar-refractivity contribution in [3.8, 4) is 16.9 Å². The number of hydrogen-bond donors (Lipinski definition) is 1. The first-order valence-corrected chi connectivity index (χ1v) is 16.3. The van der Waals surface area contributed by atoms with Gasteiger partial charge in [0.2, 0.25) is 5.95 Å². The molecule has 0 aliphatic carbocycles. The lowest BCUT2D eigenvalue weighted by Crippen LogP contribution is -2.43. The van der Waals surface area contributed by atoms with Gasteiger partial charge in [-0.3, -0.25) is 9.58 Å². The lowest BCUT2D eigenvalue weighted by Gasteiger charge is -2.32. The zero-order valence-corrected chi connectivity index (χ0v) is 26.3. The van der Waals surface area contributed by atoms with Gasteiger partial charge in [-0.2, -0.15) is 14.5 Å². The maximum atomic E-state index is 12.9. The summed E-state index contributed by atoms with van der Waals surface area (Å²) in [5.41, 5.74) is 4.82. The van der Waals surface area contributed by atoms with Crippen LogP contribution in [0.15, 0.2) is 54.1 Å². The van der Waals surface area contributed by atoms with Crippen LogP contribution in [0.25, 0.3) is 16.9 Å². The van der Waals surface area contributed by atoms with Crippen LogP contribution in [0.3, 0.4) is 0 Å². The molecule has 4 aromatic rings. The van der Waals surface area contributed by atoms with Crippen molar-refractivity contribution in [2.24, 2.45) is 7.05 Å². The SMILES string of the molecule is Cc1cc(CN2CCN(C)CC2)ccc1-n1cc(-c2nc(NC3CCN(S(=O)(=O)c4ccn(C)n4)CC3)ncc2Cl)cn1. The highest BCUT2D eigenvalue weighted by molar-refractivity contribution is 7.89. The zero-order valence-electron chi connectivity index (χ0n) is 24.7. The summed E-state index contributed by atoms with van der Waals surface area (Å²) >= 11 is 6.53. The molecule has 0 amide bonds. The minimum absolute atomic E-state index is 0.0268. The van der Waals surface area contributed by atoms with Gasteiger partial charge in [-0.1, -0.05) is 23.7 Å². The Bertz CT molecular complexity index is 1690. The summed E-state index contributed by atoms with van der Waals surface area (Å²) in [6.07, 6.45) is 8.15. The lowest BCUT2D eigenvalue weighted by molar-refractivity contribution is 0.148. The van der Waals surface area contributed by atoms with Crippen molar-refractivity contribution in [2.75, 3.05) is 51.6 Å². The van der Waals surface area contributed by atoms with Crippen LogP contribution in [0.4, 0.5) is 5.95 Å². The van der Waals surface area contributed by atoms with E-state index in [-0.39, 0.29) is 11.1 Å². The van der Waals surface area contributed by atoms with Gasteiger partial charge in [-0.25, -0.2) is 23.1 Å². The molecule has 2 fully saturated rings. The average molecular weight is 625 g/mol. The third-order valence-corrected chi connectivity index (χ3v) is 10.3. The summed E-state index contributed by atoms with van der Waals surface area (Å²) in [5.74, 6) is 0.447. The van der Waals surface area contributed by atoms with Crippen LogP contribution < -0.4 is 5.32 Å². The Morgan fingerprint density at radius 1 is 1.02 bits per heavy atom. The zero-order chi connectivity index (χ0) is 30.1. The Balaban J connectivity index is 1.10. The second-order valence-electron chi connectivity index (χ2n) is 11.4. The van der Waals surface area contributed by atoms with E-state index in [9.17, 15) is 8.42 Å². The summed E-state index contributed by atoms with van der Waals surface area (Å²) in [4.78, 5) is 14.0. The van der Waals surface area contributed by atoms with Crippen molar-refractivity contribution >= 4 is 27.6 Å². The monoisotopic (exact) mass is 624 g/mol. The molecule has 2 saturated heterocycles. The van der Waals surface area contributed by atoms with Crippen LogP contribution in [0, 0.1) is 6.92 Å². The van der Waals surface area contributed by atoms with E-state index < -0.39 is 10.0 Å². The van der Waals surface area contributed by atoms with Gasteiger partial charge in [0.15, 0.2) is 5.03 Å². The van der Waals surface area contributed by atoms with E-state index in [1.165, 1.54) is 20.6 Å². The number of likely N-dealkylation sites (N-methyl/N-ethyl adjacent to an activating group) is 1. The maximum absolute atomic E-state index is 12.9. The molecule has 0 saturated carbocycles. The molecule has 1 N–H and O–H groups in total. The number of halogens is 1. The number of anilines is 1. The van der Waals surface area contributed by atoms with Gasteiger partial charge < -0.3 is 10.2 Å². The number of piperazine rings is 1. The molecule has 3 aromatic heterocycles. The maximum Gasteiger partial charge on any atom is 0.262 e. The van der Waals surface area contributed by atoms with Gasteiger partial charge in [-0.15, -0.1) is 0 Å². The molecule has 228 valence electrons. The number of piperidine rings is 1. The number of hydrogen-bond acceptors (Lipinski definition) is 9. The van der Waals surface area contributed by atoms with Crippen LogP contribution in [0.5, 0.6) is 0 Å². The van der Waals surface area contributed by atoms with E-state index in [2.05, 4.69) is 62.5 Å². The summed E-state index contributed by atoms with van der Waals surface area (Å²) in [6, 6.07) is 8.08. The second-order valence-corrected chi connectivity index (χ2v) is 13.7. The van der Waals surface area contributed by atoms with Crippen LogP contribution in [-0.2, 0) is 23.6 Å². The van der Waals surface area contributed by atoms with Gasteiger partial charge in [0.1, 0.15) is 0 Å². The molecule has 0 radical (unpaired) electrons. The van der Waals surface area contributed by atoms with Crippen LogP contribution in [0.2, 0.25) is 5.02 Å². The van der Waals surface area contributed by atoms with Crippen molar-refractivity contribution in [2.45, 2.75) is 37.4 Å². The number of benzene rings is 1. The van der Waals surface area contributed by atoms with Crippen molar-refractivity contribution in [1.82, 2.24) is 43.6 Å². The molecular formula is C29H37ClN10O2S. The molecule has 2 aliphatic heterocycles. The molecule has 0 bridgehead atoms. The standard InChI is InChI=1S/C29H37ClN10O2S/c1-21-16-22(19-38-14-12-36(2)13-15-38)4-5-26(21)40-20-23(17-32-40)28-25(30)18-31-29(34-28)33-24-6-10-39(11-7-24)43(41,42)27-8-9-37(3)35-27/h4-5,8-9,16-18,20,24H,6-7,10-15,19H2,1-3H3,(H,31,33,34). The van der Waals surface area contributed by atoms with E-state index in [4.69, 9.17) is 16.6 Å². The molecule has 43 heavy (non-hydrogen) atoms. The molecule has 0 atom stereocenters. The number of rotatable bonds is 8. The normalized spacial score (nSPS) is 17.9. The van der Waals surface area contributed by atoms with Crippen molar-refractivity contribution in [3.05, 3.63) is 65.2 Å². The van der Waals surface area contributed by atoms with E-state index >= 15 is 0 Å². The summed E-state index contributed by atoms with van der Waals surface area (Å²) < 4.78 is 30.7. The first-order valence-electron chi connectivity index (χ1n) is 14.5. The fourth-order valence-electron chi connectivity index (χ4n) is 5.64. The van der Waals surface area contributed by atoms with E-state index in [1.807, 2.05) is 10.9 Å². The number of sulfonamides is 1. The van der Waals surface area contributed by atoms with Crippen molar-refractivity contribution in [3.63, 3.8) is 0 Å². The van der Waals surface area contributed by atoms with Gasteiger partial charge in [-0.05, 0) is 50.1 Å². The van der Waals surface area contributed by atoms with E-state index in [0.29, 0.717) is 42.6 Å². The molecule has 5 heterocycles. The average Bonchev–Trinajstić information content (AvgIpc) is 3.66. The summed E-state index contributed by atoms with van der Waals surface area (Å²) in [5, 5.41) is 12.6. The highest BCUT2D eigenvalue weighted by atomic mass is 35.5. The summed E-state index contributed by atoms with van der Waals surface area (Å²) in [6.45, 7) is 8.21. The molecule has 6 rings (SSSR count). The summed E-state index contributed by atoms with van der Waals surface area (Å²) in [7, 11) is 0.267. The Hall–Kier alpha value is -3.36. The molecule has 0 unspecified atom stereocenters. The second kappa shape index (κ2) is 12.3. The van der Waals surface area contributed by atoms with E-state index in [0.717, 1.165) is 49.5 Å².